The lowest BCUT2D eigenvalue weighted by Gasteiger charge is -2.42. The molecule has 4 aliphatic heterocycles. The number of fused-ring (bicyclic) bond motifs is 5. The smallest absolute Gasteiger partial charge is 0.451 e. The summed E-state index contributed by atoms with van der Waals surface area (Å²) in [4.78, 5) is 65.2. The number of oxime groups is 1. The van der Waals surface area contributed by atoms with Crippen LogP contribution in [0, 0.1) is 11.6 Å². The van der Waals surface area contributed by atoms with Crippen molar-refractivity contribution in [1.82, 2.24) is 19.7 Å². The predicted molar refractivity (Wildman–Crippen MR) is 228 cm³/mol. The van der Waals surface area contributed by atoms with Gasteiger partial charge in [-0.15, -0.1) is 0 Å². The van der Waals surface area contributed by atoms with E-state index in [1.165, 1.54) is 21.7 Å². The van der Waals surface area contributed by atoms with Gasteiger partial charge < -0.3 is 33.8 Å². The van der Waals surface area contributed by atoms with Crippen LogP contribution in [0.25, 0.3) is 0 Å². The van der Waals surface area contributed by atoms with Crippen molar-refractivity contribution >= 4 is 31.4 Å². The SMILES string of the molecule is CC1=NO[C@@]2(CC[C@H](C)N3C[C@H]2n2cc(C(=O)NCc4ccc(F)cc4F)c(=O)c(OCOC(=O)N4CCOC[C@H]4COP(=O)(OCc4ccccc4)OCc4ccccc4)c2C3=O)C1. The average molecular weight is 920 g/mol. The van der Waals surface area contributed by atoms with Crippen molar-refractivity contribution in [2.45, 2.75) is 76.6 Å². The minimum atomic E-state index is -4.24. The number of aromatic nitrogens is 1. The first kappa shape index (κ1) is 45.6. The second-order valence-electron chi connectivity index (χ2n) is 16.3. The zero-order valence-electron chi connectivity index (χ0n) is 35.7. The van der Waals surface area contributed by atoms with Gasteiger partial charge in [0.2, 0.25) is 18.0 Å². The molecule has 4 atom stereocenters. The Hall–Kier alpha value is -5.98. The maximum atomic E-state index is 14.5. The van der Waals surface area contributed by atoms with E-state index >= 15 is 0 Å². The third kappa shape index (κ3) is 10.1. The van der Waals surface area contributed by atoms with Gasteiger partial charge in [-0.1, -0.05) is 71.9 Å². The summed E-state index contributed by atoms with van der Waals surface area (Å²) in [5.74, 6) is -3.76. The van der Waals surface area contributed by atoms with Gasteiger partial charge in [0.05, 0.1) is 50.8 Å². The molecule has 5 heterocycles. The highest BCUT2D eigenvalue weighted by molar-refractivity contribution is 7.48. The number of benzene rings is 3. The fraction of sp³-hybridized carbons (Fsp3) is 0.400. The van der Waals surface area contributed by atoms with Gasteiger partial charge in [0, 0.05) is 49.9 Å². The van der Waals surface area contributed by atoms with Crippen molar-refractivity contribution in [3.8, 4) is 5.75 Å². The zero-order valence-corrected chi connectivity index (χ0v) is 36.6. The fourth-order valence-corrected chi connectivity index (χ4v) is 9.53. The van der Waals surface area contributed by atoms with Crippen molar-refractivity contribution in [3.63, 3.8) is 0 Å². The van der Waals surface area contributed by atoms with Crippen LogP contribution < -0.4 is 15.5 Å². The minimum Gasteiger partial charge on any atom is -0.451 e. The Morgan fingerprint density at radius 1 is 0.985 bits per heavy atom. The summed E-state index contributed by atoms with van der Waals surface area (Å²) in [6.45, 7) is 2.21. The van der Waals surface area contributed by atoms with Crippen LogP contribution in [-0.4, -0.2) is 95.4 Å². The lowest BCUT2D eigenvalue weighted by atomic mass is 9.84. The van der Waals surface area contributed by atoms with Crippen molar-refractivity contribution < 1.29 is 60.3 Å². The highest BCUT2D eigenvalue weighted by atomic mass is 31.2. The third-order valence-corrected chi connectivity index (χ3v) is 13.2. The lowest BCUT2D eigenvalue weighted by Crippen LogP contribution is -2.52. The van der Waals surface area contributed by atoms with E-state index in [0.717, 1.165) is 22.9 Å². The van der Waals surface area contributed by atoms with Crippen LogP contribution in [0.4, 0.5) is 13.6 Å². The number of rotatable bonds is 15. The Labute approximate surface area is 372 Å². The molecule has 20 heteroatoms. The highest BCUT2D eigenvalue weighted by Crippen LogP contribution is 2.51. The normalized spacial score (nSPS) is 21.6. The van der Waals surface area contributed by atoms with Gasteiger partial charge in [0.1, 0.15) is 17.2 Å². The molecule has 1 aromatic heterocycles. The fourth-order valence-electron chi connectivity index (χ4n) is 8.34. The van der Waals surface area contributed by atoms with E-state index in [4.69, 9.17) is 32.6 Å². The summed E-state index contributed by atoms with van der Waals surface area (Å²) in [7, 11) is -4.24. The Kier molecular flexibility index (Phi) is 13.8. The molecule has 2 bridgehead atoms. The van der Waals surface area contributed by atoms with Crippen LogP contribution >= 0.6 is 7.82 Å². The second-order valence-corrected chi connectivity index (χ2v) is 17.9. The maximum Gasteiger partial charge on any atom is 0.475 e. The molecule has 0 unspecified atom stereocenters. The molecule has 0 saturated carbocycles. The summed E-state index contributed by atoms with van der Waals surface area (Å²) >= 11 is 0. The average Bonchev–Trinajstić information content (AvgIpc) is 3.65. The molecule has 1 N–H and O–H groups in total. The van der Waals surface area contributed by atoms with Crippen LogP contribution in [0.2, 0.25) is 0 Å². The van der Waals surface area contributed by atoms with Crippen LogP contribution in [0.3, 0.4) is 0 Å². The zero-order chi connectivity index (χ0) is 45.7. The van der Waals surface area contributed by atoms with E-state index in [-0.39, 0.29) is 63.4 Å². The summed E-state index contributed by atoms with van der Waals surface area (Å²) in [6.07, 6.45) is 1.79. The third-order valence-electron chi connectivity index (χ3n) is 11.9. The number of phosphoric acid groups is 1. The number of pyridine rings is 1. The van der Waals surface area contributed by atoms with Crippen LogP contribution in [0.15, 0.2) is 95.0 Å². The number of hydrogen-bond acceptors (Lipinski definition) is 13. The van der Waals surface area contributed by atoms with Gasteiger partial charge in [-0.3, -0.25) is 32.9 Å². The Balaban J connectivity index is 1.02. The van der Waals surface area contributed by atoms with Gasteiger partial charge in [-0.05, 0) is 43.9 Å². The van der Waals surface area contributed by atoms with Crippen molar-refractivity contribution in [1.29, 1.82) is 0 Å². The molecule has 2 fully saturated rings. The van der Waals surface area contributed by atoms with Gasteiger partial charge >= 0.3 is 13.9 Å². The number of hydrogen-bond donors (Lipinski definition) is 1. The second kappa shape index (κ2) is 19.6. The molecule has 0 aliphatic carbocycles. The summed E-state index contributed by atoms with van der Waals surface area (Å²) in [5, 5.41) is 6.75. The molecular weight excluding hydrogens is 871 g/mol. The lowest BCUT2D eigenvalue weighted by molar-refractivity contribution is -0.0659. The Morgan fingerprint density at radius 3 is 2.35 bits per heavy atom. The van der Waals surface area contributed by atoms with Gasteiger partial charge in [-0.25, -0.2) is 18.1 Å². The van der Waals surface area contributed by atoms with Crippen LogP contribution in [-0.2, 0) is 52.2 Å². The minimum absolute atomic E-state index is 0.0297. The van der Waals surface area contributed by atoms with Gasteiger partial charge in [0.15, 0.2) is 11.3 Å². The van der Waals surface area contributed by atoms with Crippen molar-refractivity contribution in [2.75, 3.05) is 39.7 Å². The molecule has 3 aromatic carbocycles. The molecule has 3 amide bonds. The molecule has 1 spiro atoms. The van der Waals surface area contributed by atoms with E-state index in [0.29, 0.717) is 25.3 Å². The topological polar surface area (TPSA) is 186 Å². The molecular formula is C45H48F2N5O12P. The Bertz CT molecular complexity index is 2500. The number of phosphoric ester groups is 1. The number of ether oxygens (including phenoxy) is 3. The molecule has 4 aliphatic rings. The maximum absolute atomic E-state index is 14.5. The monoisotopic (exact) mass is 919 g/mol. The molecule has 344 valence electrons. The van der Waals surface area contributed by atoms with E-state index in [1.54, 1.807) is 53.4 Å². The largest absolute Gasteiger partial charge is 0.475 e. The number of halogens is 2. The van der Waals surface area contributed by atoms with Crippen LogP contribution in [0.1, 0.15) is 76.7 Å². The quantitative estimate of drug-likeness (QED) is 0.101. The van der Waals surface area contributed by atoms with E-state index in [1.807, 2.05) is 26.0 Å². The molecule has 0 radical (unpaired) electrons. The number of nitrogens with one attached hydrogen (secondary N) is 1. The van der Waals surface area contributed by atoms with Crippen LogP contribution in [0.5, 0.6) is 5.75 Å². The first-order valence-electron chi connectivity index (χ1n) is 21.1. The van der Waals surface area contributed by atoms with Gasteiger partial charge in [-0.2, -0.15) is 0 Å². The van der Waals surface area contributed by atoms with E-state index in [2.05, 4.69) is 10.5 Å². The predicted octanol–water partition coefficient (Wildman–Crippen LogP) is 6.50. The van der Waals surface area contributed by atoms with E-state index < -0.39 is 85.1 Å². The molecule has 17 nitrogen and oxygen atoms in total. The number of carbonyl (C=O) groups is 3. The van der Waals surface area contributed by atoms with E-state index in [9.17, 15) is 32.5 Å². The number of morpholine rings is 1. The molecule has 65 heavy (non-hydrogen) atoms. The first-order chi connectivity index (χ1) is 31.3. The summed E-state index contributed by atoms with van der Waals surface area (Å²) < 4.78 is 78.0. The highest BCUT2D eigenvalue weighted by Gasteiger charge is 2.54. The Morgan fingerprint density at radius 2 is 1.69 bits per heavy atom. The number of nitrogens with zero attached hydrogens (tertiary/aromatic N) is 4. The number of amides is 3. The van der Waals surface area contributed by atoms with Crippen molar-refractivity contribution in [3.05, 3.63) is 135 Å². The molecule has 2 saturated heterocycles. The summed E-state index contributed by atoms with van der Waals surface area (Å²) in [5.41, 5.74) is -0.458. The standard InChI is InChI=1S/C45H48F2N5O12P/c1-29-20-45(64-49-29)16-15-30(2)51-23-38(45)52-22-36(42(54)48-21-33-13-14-34(46)19-37(33)47)40(53)41(39(52)43(51)55)59-28-60-44(56)50-17-18-58-26-35(50)27-63-65(57,61-24-31-9-5-3-6-10-31)62-25-32-11-7-4-8-12-32/h3-14,19,22,30,35,38H,15-18,20-21,23-28H2,1-2H3,(H,48,54)/t30-,35-,38+,45-/m0/s1. The van der Waals surface area contributed by atoms with Gasteiger partial charge in [0.25, 0.3) is 11.8 Å². The van der Waals surface area contributed by atoms with Crippen molar-refractivity contribution in [2.24, 2.45) is 5.16 Å². The summed E-state index contributed by atoms with van der Waals surface area (Å²) in [6, 6.07) is 19.2. The number of carbonyl (C=O) groups excluding carboxylic acids is 3. The molecule has 8 rings (SSSR count). The first-order valence-corrected chi connectivity index (χ1v) is 22.6. The molecule has 4 aromatic rings.